The van der Waals surface area contributed by atoms with Gasteiger partial charge in [0.25, 0.3) is 5.91 Å². The SMILES string of the molecule is COC(=O)c1c(NC(=O)c2cc(Cl)cc(Cl)c2)sc2c1CCCCC2. The summed E-state index contributed by atoms with van der Waals surface area (Å²) in [6.07, 6.45) is 5.01. The fourth-order valence-corrected chi connectivity index (χ4v) is 4.81. The first kappa shape index (κ1) is 18.2. The van der Waals surface area contributed by atoms with Gasteiger partial charge in [0.1, 0.15) is 5.00 Å². The Morgan fingerprint density at radius 3 is 2.44 bits per heavy atom. The number of carbonyl (C=O) groups excluding carboxylic acids is 2. The van der Waals surface area contributed by atoms with Gasteiger partial charge in [-0.1, -0.05) is 29.6 Å². The summed E-state index contributed by atoms with van der Waals surface area (Å²) < 4.78 is 4.94. The molecule has 0 unspecified atom stereocenters. The number of benzene rings is 1. The van der Waals surface area contributed by atoms with E-state index in [0.29, 0.717) is 26.2 Å². The third-order valence-corrected chi connectivity index (χ3v) is 5.81. The van der Waals surface area contributed by atoms with E-state index in [0.717, 1.165) is 42.5 Å². The van der Waals surface area contributed by atoms with Gasteiger partial charge in [0, 0.05) is 20.5 Å². The van der Waals surface area contributed by atoms with Crippen molar-refractivity contribution < 1.29 is 14.3 Å². The Morgan fingerprint density at radius 1 is 1.08 bits per heavy atom. The highest BCUT2D eigenvalue weighted by Crippen LogP contribution is 2.38. The van der Waals surface area contributed by atoms with Crippen molar-refractivity contribution >= 4 is 51.4 Å². The molecule has 0 fully saturated rings. The minimum atomic E-state index is -0.418. The summed E-state index contributed by atoms with van der Waals surface area (Å²) in [5.74, 6) is -0.773. The van der Waals surface area contributed by atoms with Crippen LogP contribution >= 0.6 is 34.5 Å². The van der Waals surface area contributed by atoms with Crippen LogP contribution in [0.5, 0.6) is 0 Å². The number of carbonyl (C=O) groups is 2. The summed E-state index contributed by atoms with van der Waals surface area (Å²) >= 11 is 13.4. The van der Waals surface area contributed by atoms with Crippen molar-refractivity contribution in [2.45, 2.75) is 32.1 Å². The lowest BCUT2D eigenvalue weighted by atomic mass is 10.1. The third-order valence-electron chi connectivity index (χ3n) is 4.16. The lowest BCUT2D eigenvalue weighted by Crippen LogP contribution is -2.14. The summed E-state index contributed by atoms with van der Waals surface area (Å²) in [5.41, 5.74) is 1.83. The van der Waals surface area contributed by atoms with E-state index < -0.39 is 5.97 Å². The molecule has 25 heavy (non-hydrogen) atoms. The summed E-state index contributed by atoms with van der Waals surface area (Å²) in [6, 6.07) is 4.64. The molecule has 1 aromatic heterocycles. The van der Waals surface area contributed by atoms with Crippen LogP contribution in [0.3, 0.4) is 0 Å². The van der Waals surface area contributed by atoms with Gasteiger partial charge in [0.05, 0.1) is 12.7 Å². The average Bonchev–Trinajstić information content (AvgIpc) is 2.74. The van der Waals surface area contributed by atoms with Crippen LogP contribution in [0.15, 0.2) is 18.2 Å². The van der Waals surface area contributed by atoms with Gasteiger partial charge >= 0.3 is 5.97 Å². The molecular weight excluding hydrogens is 381 g/mol. The molecule has 2 aromatic rings. The van der Waals surface area contributed by atoms with Gasteiger partial charge in [-0.05, 0) is 49.4 Å². The molecule has 0 aliphatic heterocycles. The molecule has 0 radical (unpaired) electrons. The lowest BCUT2D eigenvalue weighted by molar-refractivity contribution is 0.0601. The van der Waals surface area contributed by atoms with Crippen molar-refractivity contribution in [3.63, 3.8) is 0 Å². The predicted octanol–water partition coefficient (Wildman–Crippen LogP) is 5.36. The van der Waals surface area contributed by atoms with Crippen LogP contribution in [-0.2, 0) is 17.6 Å². The number of esters is 1. The average molecular weight is 398 g/mol. The molecule has 1 heterocycles. The molecule has 4 nitrogen and oxygen atoms in total. The molecule has 0 saturated carbocycles. The molecule has 7 heteroatoms. The van der Waals surface area contributed by atoms with E-state index in [-0.39, 0.29) is 5.91 Å². The molecule has 132 valence electrons. The van der Waals surface area contributed by atoms with Gasteiger partial charge in [-0.2, -0.15) is 0 Å². The molecule has 1 N–H and O–H groups in total. The Kier molecular flexibility index (Phi) is 5.67. The second-order valence-electron chi connectivity index (χ2n) is 5.87. The molecule has 1 aliphatic carbocycles. The monoisotopic (exact) mass is 397 g/mol. The first-order valence-corrected chi connectivity index (χ1v) is 9.57. The number of thiophene rings is 1. The summed E-state index contributed by atoms with van der Waals surface area (Å²) in [5, 5.41) is 4.13. The van der Waals surface area contributed by atoms with E-state index in [4.69, 9.17) is 27.9 Å². The van der Waals surface area contributed by atoms with Crippen molar-refractivity contribution in [2.24, 2.45) is 0 Å². The van der Waals surface area contributed by atoms with Crippen molar-refractivity contribution in [1.82, 2.24) is 0 Å². The number of halogens is 2. The Morgan fingerprint density at radius 2 is 1.76 bits per heavy atom. The number of hydrogen-bond donors (Lipinski definition) is 1. The van der Waals surface area contributed by atoms with Crippen LogP contribution in [0.25, 0.3) is 0 Å². The van der Waals surface area contributed by atoms with E-state index >= 15 is 0 Å². The molecule has 0 spiro atoms. The van der Waals surface area contributed by atoms with Crippen molar-refractivity contribution in [2.75, 3.05) is 12.4 Å². The van der Waals surface area contributed by atoms with Crippen LogP contribution in [0.2, 0.25) is 10.0 Å². The zero-order chi connectivity index (χ0) is 18.0. The van der Waals surface area contributed by atoms with Crippen LogP contribution in [0.4, 0.5) is 5.00 Å². The van der Waals surface area contributed by atoms with Gasteiger partial charge in [-0.3, -0.25) is 4.79 Å². The zero-order valence-electron chi connectivity index (χ0n) is 13.7. The molecule has 0 bridgehead atoms. The van der Waals surface area contributed by atoms with Crippen molar-refractivity contribution in [3.05, 3.63) is 49.8 Å². The molecule has 3 rings (SSSR count). The first-order valence-electron chi connectivity index (χ1n) is 8.00. The van der Waals surface area contributed by atoms with Gasteiger partial charge in [0.15, 0.2) is 0 Å². The summed E-state index contributed by atoms with van der Waals surface area (Å²) in [7, 11) is 1.35. The third kappa shape index (κ3) is 4.00. The second kappa shape index (κ2) is 7.77. The van der Waals surface area contributed by atoms with Gasteiger partial charge in [-0.25, -0.2) is 4.79 Å². The fraction of sp³-hybridized carbons (Fsp3) is 0.333. The summed E-state index contributed by atoms with van der Waals surface area (Å²) in [4.78, 5) is 26.0. The minimum Gasteiger partial charge on any atom is -0.465 e. The first-order chi connectivity index (χ1) is 12.0. The quantitative estimate of drug-likeness (QED) is 0.559. The number of methoxy groups -OCH3 is 1. The van der Waals surface area contributed by atoms with Crippen molar-refractivity contribution in [3.8, 4) is 0 Å². The van der Waals surface area contributed by atoms with E-state index in [2.05, 4.69) is 5.32 Å². The van der Waals surface area contributed by atoms with E-state index in [1.807, 2.05) is 0 Å². The van der Waals surface area contributed by atoms with Crippen LogP contribution < -0.4 is 5.32 Å². The number of rotatable bonds is 3. The maximum atomic E-state index is 12.6. The van der Waals surface area contributed by atoms with Gasteiger partial charge in [-0.15, -0.1) is 11.3 Å². The molecule has 1 aliphatic rings. The maximum Gasteiger partial charge on any atom is 0.341 e. The van der Waals surface area contributed by atoms with Gasteiger partial charge < -0.3 is 10.1 Å². The maximum absolute atomic E-state index is 12.6. The number of aryl methyl sites for hydroxylation is 1. The van der Waals surface area contributed by atoms with E-state index in [9.17, 15) is 9.59 Å². The highest BCUT2D eigenvalue weighted by Gasteiger charge is 2.26. The fourth-order valence-electron chi connectivity index (χ4n) is 3.01. The van der Waals surface area contributed by atoms with E-state index in [1.54, 1.807) is 18.2 Å². The number of nitrogens with one attached hydrogen (secondary N) is 1. The smallest absolute Gasteiger partial charge is 0.341 e. The lowest BCUT2D eigenvalue weighted by Gasteiger charge is -2.08. The number of hydrogen-bond acceptors (Lipinski definition) is 4. The van der Waals surface area contributed by atoms with Crippen LogP contribution in [0, 0.1) is 0 Å². The van der Waals surface area contributed by atoms with Crippen molar-refractivity contribution in [1.29, 1.82) is 0 Å². The molecule has 1 amide bonds. The number of ether oxygens (including phenoxy) is 1. The number of fused-ring (bicyclic) bond motifs is 1. The number of amides is 1. The Balaban J connectivity index is 1.96. The number of anilines is 1. The Bertz CT molecular complexity index is 812. The van der Waals surface area contributed by atoms with E-state index in [1.165, 1.54) is 18.4 Å². The van der Waals surface area contributed by atoms with Crippen LogP contribution in [-0.4, -0.2) is 19.0 Å². The highest BCUT2D eigenvalue weighted by atomic mass is 35.5. The Hall–Kier alpha value is -1.56. The van der Waals surface area contributed by atoms with Crippen LogP contribution in [0.1, 0.15) is 50.4 Å². The molecule has 0 atom stereocenters. The highest BCUT2D eigenvalue weighted by molar-refractivity contribution is 7.17. The largest absolute Gasteiger partial charge is 0.465 e. The summed E-state index contributed by atoms with van der Waals surface area (Å²) in [6.45, 7) is 0. The Labute approximate surface area is 160 Å². The topological polar surface area (TPSA) is 55.4 Å². The zero-order valence-corrected chi connectivity index (χ0v) is 16.0. The van der Waals surface area contributed by atoms with Gasteiger partial charge in [0.2, 0.25) is 0 Å². The molecule has 1 aromatic carbocycles. The standard InChI is InChI=1S/C18H17Cl2NO3S/c1-24-18(23)15-13-5-3-2-4-6-14(13)25-17(15)21-16(22)10-7-11(19)9-12(20)8-10/h7-9H,2-6H2,1H3,(H,21,22). The normalized spacial score (nSPS) is 13.7. The minimum absolute atomic E-state index is 0.344. The molecular formula is C18H17Cl2NO3S. The molecule has 0 saturated heterocycles. The predicted molar refractivity (Wildman–Crippen MR) is 101 cm³/mol. The second-order valence-corrected chi connectivity index (χ2v) is 7.85.